The third-order valence-electron chi connectivity index (χ3n) is 6.49. The fourth-order valence-electron chi connectivity index (χ4n) is 4.40. The lowest BCUT2D eigenvalue weighted by Crippen LogP contribution is -2.39. The number of aromatic nitrogens is 2. The number of thiazole rings is 1. The van der Waals surface area contributed by atoms with E-state index in [1.165, 1.54) is 23.8 Å². The van der Waals surface area contributed by atoms with Crippen LogP contribution in [0.1, 0.15) is 61.4 Å². The third-order valence-corrected chi connectivity index (χ3v) is 7.48. The number of nitrogens with one attached hydrogen (secondary N) is 3. The molecule has 2 aromatic heterocycles. The molecule has 1 aliphatic carbocycles. The second-order valence-electron chi connectivity index (χ2n) is 9.29. The van der Waals surface area contributed by atoms with Gasteiger partial charge in [-0.2, -0.15) is 0 Å². The second kappa shape index (κ2) is 14.7. The fourth-order valence-corrected chi connectivity index (χ4v) is 5.39. The molecule has 202 valence electrons. The molecule has 4 N–H and O–H groups in total. The maximum Gasteiger partial charge on any atom is 0.326 e. The van der Waals surface area contributed by atoms with Crippen molar-refractivity contribution >= 4 is 40.2 Å². The molecule has 2 heterocycles. The van der Waals surface area contributed by atoms with Crippen LogP contribution in [0.4, 0.5) is 10.9 Å². The Bertz CT molecular complexity index is 1070. The number of carboxylic acids is 1. The number of nitrogens with zero attached hydrogens (tertiary/aromatic N) is 3. The summed E-state index contributed by atoms with van der Waals surface area (Å²) in [5.41, 5.74) is 3.32. The van der Waals surface area contributed by atoms with Crippen molar-refractivity contribution in [1.29, 1.82) is 0 Å². The molecular formula is C27H40N6O3S. The van der Waals surface area contributed by atoms with Gasteiger partial charge in [0, 0.05) is 39.3 Å². The molecule has 9 nitrogen and oxygen atoms in total. The van der Waals surface area contributed by atoms with Crippen molar-refractivity contribution in [2.75, 3.05) is 43.9 Å². The molecule has 0 radical (unpaired) electrons. The minimum atomic E-state index is -0.882. The van der Waals surface area contributed by atoms with Crippen molar-refractivity contribution in [3.8, 4) is 0 Å². The highest BCUT2D eigenvalue weighted by Crippen LogP contribution is 2.29. The number of aliphatic carboxylic acids is 1. The predicted molar refractivity (Wildman–Crippen MR) is 150 cm³/mol. The Hall–Kier alpha value is -2.98. The lowest BCUT2D eigenvalue weighted by Gasteiger charge is -2.24. The summed E-state index contributed by atoms with van der Waals surface area (Å²) in [6, 6.07) is 3.52. The van der Waals surface area contributed by atoms with Gasteiger partial charge in [0.05, 0.1) is 10.6 Å². The van der Waals surface area contributed by atoms with E-state index >= 15 is 0 Å². The molecule has 0 spiro atoms. The molecule has 3 rings (SSSR count). The normalized spacial score (nSPS) is 13.3. The van der Waals surface area contributed by atoms with Crippen molar-refractivity contribution in [2.24, 2.45) is 0 Å². The summed E-state index contributed by atoms with van der Waals surface area (Å²) in [5.74, 6) is 0.00229. The monoisotopic (exact) mass is 528 g/mol. The molecular weight excluding hydrogens is 488 g/mol. The molecule has 1 unspecified atom stereocenters. The van der Waals surface area contributed by atoms with Crippen LogP contribution in [0.15, 0.2) is 18.2 Å². The summed E-state index contributed by atoms with van der Waals surface area (Å²) in [6.07, 6.45) is 10.3. The van der Waals surface area contributed by atoms with Crippen LogP contribution in [0.5, 0.6) is 0 Å². The highest BCUT2D eigenvalue weighted by Gasteiger charge is 2.21. The van der Waals surface area contributed by atoms with Crippen LogP contribution < -0.4 is 16.0 Å². The number of aryl methyl sites for hydroxylation is 3. The van der Waals surface area contributed by atoms with E-state index in [0.29, 0.717) is 31.2 Å². The van der Waals surface area contributed by atoms with Crippen molar-refractivity contribution in [1.82, 2.24) is 20.2 Å². The Kier molecular flexibility index (Phi) is 11.3. The van der Waals surface area contributed by atoms with E-state index in [0.717, 1.165) is 67.2 Å². The van der Waals surface area contributed by atoms with E-state index in [4.69, 9.17) is 4.98 Å². The first kappa shape index (κ1) is 28.6. The van der Waals surface area contributed by atoms with Crippen molar-refractivity contribution in [2.45, 2.75) is 64.8 Å². The summed E-state index contributed by atoms with van der Waals surface area (Å²) in [5, 5.41) is 19.7. The van der Waals surface area contributed by atoms with E-state index in [1.807, 2.05) is 7.05 Å². The maximum atomic E-state index is 12.0. The summed E-state index contributed by atoms with van der Waals surface area (Å²) >= 11 is 1.51. The van der Waals surface area contributed by atoms with Gasteiger partial charge in [-0.05, 0) is 69.2 Å². The van der Waals surface area contributed by atoms with Gasteiger partial charge in [-0.15, -0.1) is 0 Å². The minimum Gasteiger partial charge on any atom is -0.480 e. The van der Waals surface area contributed by atoms with Crippen molar-refractivity contribution < 1.29 is 14.7 Å². The Morgan fingerprint density at radius 2 is 2.03 bits per heavy atom. The smallest absolute Gasteiger partial charge is 0.326 e. The van der Waals surface area contributed by atoms with Crippen LogP contribution in [0.2, 0.25) is 0 Å². The van der Waals surface area contributed by atoms with E-state index in [2.05, 4.69) is 57.0 Å². The minimum absolute atomic E-state index is 0.0613. The Labute approximate surface area is 223 Å². The molecule has 1 atom stereocenters. The highest BCUT2D eigenvalue weighted by molar-refractivity contribution is 7.16. The van der Waals surface area contributed by atoms with Gasteiger partial charge in [-0.25, -0.2) is 14.8 Å². The van der Waals surface area contributed by atoms with Gasteiger partial charge in [0.1, 0.15) is 11.9 Å². The van der Waals surface area contributed by atoms with Crippen LogP contribution in [-0.2, 0) is 28.9 Å². The second-order valence-corrected chi connectivity index (χ2v) is 10.3. The van der Waals surface area contributed by atoms with Crippen LogP contribution in [-0.4, -0.2) is 71.1 Å². The van der Waals surface area contributed by atoms with Crippen LogP contribution in [0.3, 0.4) is 0 Å². The third kappa shape index (κ3) is 9.12. The van der Waals surface area contributed by atoms with Crippen molar-refractivity contribution in [3.63, 3.8) is 0 Å². The lowest BCUT2D eigenvalue weighted by atomic mass is 10.1. The number of hydrogen-bond acceptors (Lipinski definition) is 8. The molecule has 37 heavy (non-hydrogen) atoms. The topological polar surface area (TPSA) is 119 Å². The highest BCUT2D eigenvalue weighted by atomic mass is 32.1. The van der Waals surface area contributed by atoms with E-state index in [-0.39, 0.29) is 5.91 Å². The molecule has 0 saturated heterocycles. The number of carboxylic acid groups (broad SMARTS) is 1. The number of carbonyl (C=O) groups excluding carboxylic acids is 1. The van der Waals surface area contributed by atoms with E-state index < -0.39 is 12.0 Å². The summed E-state index contributed by atoms with van der Waals surface area (Å²) in [6.45, 7) is 6.29. The largest absolute Gasteiger partial charge is 0.480 e. The molecule has 0 bridgehead atoms. The quantitative estimate of drug-likeness (QED) is 0.243. The number of anilines is 2. The van der Waals surface area contributed by atoms with Gasteiger partial charge in [0.15, 0.2) is 5.13 Å². The Morgan fingerprint density at radius 3 is 2.73 bits per heavy atom. The zero-order valence-electron chi connectivity index (χ0n) is 22.2. The van der Waals surface area contributed by atoms with E-state index in [1.54, 1.807) is 0 Å². The zero-order valence-corrected chi connectivity index (χ0v) is 23.0. The van der Waals surface area contributed by atoms with Gasteiger partial charge in [0.25, 0.3) is 0 Å². The number of unbranched alkanes of at least 4 members (excludes halogenated alkanes) is 1. The summed E-state index contributed by atoms with van der Waals surface area (Å²) in [7, 11) is 1.90. The van der Waals surface area contributed by atoms with Crippen LogP contribution >= 0.6 is 11.3 Å². The zero-order chi connectivity index (χ0) is 26.6. The first-order valence-corrected chi connectivity index (χ1v) is 14.0. The SMILES string of the molecule is CCc1ccc(CCCCN(CCNC(C)=O)CCC(Nc2nc3c(s2)C=CCC3)C(=O)O)nc1NC. The van der Waals surface area contributed by atoms with Gasteiger partial charge in [-0.3, -0.25) is 4.79 Å². The molecule has 0 aromatic carbocycles. The van der Waals surface area contributed by atoms with Crippen LogP contribution in [0.25, 0.3) is 6.08 Å². The molecule has 1 aliphatic rings. The van der Waals surface area contributed by atoms with Gasteiger partial charge < -0.3 is 26.0 Å². The number of hydrogen-bond donors (Lipinski definition) is 4. The predicted octanol–water partition coefficient (Wildman–Crippen LogP) is 3.82. The lowest BCUT2D eigenvalue weighted by molar-refractivity contribution is -0.138. The van der Waals surface area contributed by atoms with Gasteiger partial charge in [0.2, 0.25) is 5.91 Å². The number of carbonyl (C=O) groups is 2. The van der Waals surface area contributed by atoms with Crippen LogP contribution in [0, 0.1) is 0 Å². The molecule has 1 amide bonds. The number of rotatable bonds is 16. The number of pyridine rings is 1. The number of amides is 1. The Morgan fingerprint density at radius 1 is 1.19 bits per heavy atom. The first-order chi connectivity index (χ1) is 17.9. The van der Waals surface area contributed by atoms with Gasteiger partial charge >= 0.3 is 5.97 Å². The fraction of sp³-hybridized carbons (Fsp3) is 0.556. The summed E-state index contributed by atoms with van der Waals surface area (Å²) in [4.78, 5) is 36.0. The molecule has 2 aromatic rings. The maximum absolute atomic E-state index is 12.0. The molecule has 10 heteroatoms. The van der Waals surface area contributed by atoms with E-state index in [9.17, 15) is 14.7 Å². The average molecular weight is 529 g/mol. The Balaban J connectivity index is 1.52. The van der Waals surface area contributed by atoms with Gasteiger partial charge in [-0.1, -0.05) is 30.4 Å². The van der Waals surface area contributed by atoms with Crippen molar-refractivity contribution in [3.05, 3.63) is 40.0 Å². The molecule has 0 aliphatic heterocycles. The number of allylic oxidation sites excluding steroid dienone is 1. The molecule has 0 fully saturated rings. The summed E-state index contributed by atoms with van der Waals surface area (Å²) < 4.78 is 0. The average Bonchev–Trinajstić information content (AvgIpc) is 3.30. The number of fused-ring (bicyclic) bond motifs is 1. The standard InChI is InChI=1S/C27H40N6O3S/c1-4-20-12-13-21(30-25(20)28-3)9-7-8-16-33(18-15-29-19(2)34)17-14-23(26(35)36)32-27-31-22-10-5-6-11-24(22)37-27/h6,11-13,23H,4-5,7-10,14-18H2,1-3H3,(H,28,30)(H,29,34)(H,31,32)(H,35,36). The first-order valence-electron chi connectivity index (χ1n) is 13.2. The molecule has 0 saturated carbocycles.